The molecule has 3 aromatic rings. The van der Waals surface area contributed by atoms with E-state index in [1.807, 2.05) is 0 Å². The van der Waals surface area contributed by atoms with Crippen LogP contribution >= 0.6 is 27.5 Å². The topological polar surface area (TPSA) is 44.7 Å². The number of nitrogens with zero attached hydrogens (tertiary/aromatic N) is 2. The van der Waals surface area contributed by atoms with Crippen molar-refractivity contribution in [3.63, 3.8) is 0 Å². The molecular weight excluding hydrogens is 588 g/mol. The van der Waals surface area contributed by atoms with Crippen molar-refractivity contribution < 1.29 is 31.1 Å². The molecule has 1 heterocycles. The molecule has 1 aliphatic rings. The average molecular weight is 605 g/mol. The first kappa shape index (κ1) is 27.0. The van der Waals surface area contributed by atoms with Crippen LogP contribution in [-0.4, -0.2) is 23.3 Å². The van der Waals surface area contributed by atoms with Crippen LogP contribution < -0.4 is 5.32 Å². The summed E-state index contributed by atoms with van der Waals surface area (Å²) < 4.78 is 79.9. The molecule has 1 aliphatic heterocycles. The Morgan fingerprint density at radius 3 is 2.14 bits per heavy atom. The van der Waals surface area contributed by atoms with E-state index in [1.54, 1.807) is 31.2 Å². The number of hydrogen-bond acceptors (Lipinski definition) is 2. The molecule has 0 fully saturated rings. The van der Waals surface area contributed by atoms with E-state index in [0.717, 1.165) is 33.7 Å². The first-order chi connectivity index (χ1) is 17.2. The lowest BCUT2D eigenvalue weighted by molar-refractivity contribution is -0.138. The number of anilines is 1. The Labute approximate surface area is 221 Å². The van der Waals surface area contributed by atoms with Crippen molar-refractivity contribution in [2.75, 3.05) is 11.9 Å². The Morgan fingerprint density at radius 1 is 0.973 bits per heavy atom. The van der Waals surface area contributed by atoms with Gasteiger partial charge in [0.1, 0.15) is 0 Å². The van der Waals surface area contributed by atoms with E-state index in [9.17, 15) is 31.1 Å². The van der Waals surface area contributed by atoms with Crippen molar-refractivity contribution in [1.29, 1.82) is 0 Å². The number of alkyl halides is 6. The van der Waals surface area contributed by atoms with Crippen LogP contribution in [0.2, 0.25) is 5.02 Å². The van der Waals surface area contributed by atoms with Crippen molar-refractivity contribution in [3.05, 3.63) is 98.5 Å². The SMILES string of the molecule is CC1(c2ccc(C(F)(F)F)cc2)CN(C(=O)Nc2ccc(Br)cc2)N=C1c1ccc(C(F)(F)F)c(Cl)c1. The van der Waals surface area contributed by atoms with Crippen LogP contribution in [0.15, 0.2) is 76.3 Å². The fraction of sp³-hybridized carbons (Fsp3) is 0.200. The van der Waals surface area contributed by atoms with Crippen LogP contribution in [0.25, 0.3) is 0 Å². The number of nitrogens with one attached hydrogen (secondary N) is 1. The minimum absolute atomic E-state index is 0.0886. The number of benzene rings is 3. The van der Waals surface area contributed by atoms with Crippen LogP contribution in [0.3, 0.4) is 0 Å². The van der Waals surface area contributed by atoms with E-state index in [4.69, 9.17) is 11.6 Å². The van der Waals surface area contributed by atoms with Crippen LogP contribution in [0, 0.1) is 0 Å². The Hall–Kier alpha value is -3.05. The van der Waals surface area contributed by atoms with Crippen LogP contribution in [-0.2, 0) is 17.8 Å². The van der Waals surface area contributed by atoms with Crippen LogP contribution in [0.4, 0.5) is 36.8 Å². The second kappa shape index (κ2) is 9.68. The molecule has 0 saturated heterocycles. The zero-order valence-corrected chi connectivity index (χ0v) is 21.2. The summed E-state index contributed by atoms with van der Waals surface area (Å²) in [4.78, 5) is 13.0. The highest BCUT2D eigenvalue weighted by atomic mass is 79.9. The standard InChI is InChI=1S/C25H17BrClF6N3O/c1-23(15-3-5-16(6-4-15)24(28,29)30)13-36(22(37)34-18-9-7-17(26)8-10-18)35-21(23)14-2-11-19(20(27)12-14)25(31,32)33/h2-12H,13H2,1H3,(H,34,37). The molecule has 12 heteroatoms. The van der Waals surface area contributed by atoms with Gasteiger partial charge in [-0.15, -0.1) is 0 Å². The monoisotopic (exact) mass is 603 g/mol. The summed E-state index contributed by atoms with van der Waals surface area (Å²) in [5, 5.41) is 7.56. The minimum Gasteiger partial charge on any atom is -0.306 e. The van der Waals surface area contributed by atoms with Gasteiger partial charge < -0.3 is 5.32 Å². The number of rotatable bonds is 3. The molecule has 3 aromatic carbocycles. The molecule has 0 spiro atoms. The second-order valence-electron chi connectivity index (χ2n) is 8.54. The number of carbonyl (C=O) groups is 1. The van der Waals surface area contributed by atoms with E-state index in [-0.39, 0.29) is 17.8 Å². The molecule has 0 aliphatic carbocycles. The molecule has 1 atom stereocenters. The molecule has 2 amide bonds. The molecule has 1 N–H and O–H groups in total. The predicted molar refractivity (Wildman–Crippen MR) is 132 cm³/mol. The van der Waals surface area contributed by atoms with Gasteiger partial charge in [0.25, 0.3) is 0 Å². The zero-order valence-electron chi connectivity index (χ0n) is 18.9. The van der Waals surface area contributed by atoms with Crippen molar-refractivity contribution >= 4 is 45.0 Å². The maximum absolute atomic E-state index is 13.2. The summed E-state index contributed by atoms with van der Waals surface area (Å²) in [6.07, 6.45) is -9.23. The van der Waals surface area contributed by atoms with Gasteiger partial charge in [-0.25, -0.2) is 9.80 Å². The number of urea groups is 1. The number of amides is 2. The zero-order chi connectivity index (χ0) is 27.2. The summed E-state index contributed by atoms with van der Waals surface area (Å²) >= 11 is 9.22. The highest BCUT2D eigenvalue weighted by Gasteiger charge is 2.44. The number of carbonyl (C=O) groups excluding carboxylic acids is 1. The average Bonchev–Trinajstić information content (AvgIpc) is 3.18. The summed E-state index contributed by atoms with van der Waals surface area (Å²) in [5.74, 6) is 0. The van der Waals surface area contributed by atoms with Gasteiger partial charge in [0.05, 0.1) is 33.8 Å². The number of halogens is 8. The Morgan fingerprint density at radius 2 is 1.59 bits per heavy atom. The van der Waals surface area contributed by atoms with Crippen molar-refractivity contribution in [2.45, 2.75) is 24.7 Å². The van der Waals surface area contributed by atoms with Gasteiger partial charge in [-0.05, 0) is 61.0 Å². The van der Waals surface area contributed by atoms with Crippen molar-refractivity contribution in [1.82, 2.24) is 5.01 Å². The van der Waals surface area contributed by atoms with Crippen LogP contribution in [0.1, 0.15) is 29.2 Å². The maximum Gasteiger partial charge on any atom is 0.417 e. The molecule has 0 saturated carbocycles. The molecule has 4 rings (SSSR count). The molecule has 0 radical (unpaired) electrons. The lowest BCUT2D eigenvalue weighted by Gasteiger charge is -2.27. The molecular formula is C25H17BrClF6N3O. The van der Waals surface area contributed by atoms with Crippen LogP contribution in [0.5, 0.6) is 0 Å². The highest BCUT2D eigenvalue weighted by molar-refractivity contribution is 9.10. The van der Waals surface area contributed by atoms with Crippen molar-refractivity contribution in [2.24, 2.45) is 5.10 Å². The largest absolute Gasteiger partial charge is 0.417 e. The Kier molecular flexibility index (Phi) is 7.06. The summed E-state index contributed by atoms with van der Waals surface area (Å²) in [6.45, 7) is 1.56. The third-order valence-corrected chi connectivity index (χ3v) is 6.78. The highest BCUT2D eigenvalue weighted by Crippen LogP contribution is 2.40. The first-order valence-electron chi connectivity index (χ1n) is 10.7. The summed E-state index contributed by atoms with van der Waals surface area (Å²) in [5.41, 5.74) is -1.85. The van der Waals surface area contributed by atoms with Gasteiger partial charge in [-0.1, -0.05) is 45.7 Å². The van der Waals surface area contributed by atoms with Gasteiger partial charge in [-0.3, -0.25) is 0 Å². The number of hydrogen-bond donors (Lipinski definition) is 1. The van der Waals surface area contributed by atoms with Gasteiger partial charge >= 0.3 is 18.4 Å². The van der Waals surface area contributed by atoms with E-state index >= 15 is 0 Å². The van der Waals surface area contributed by atoms with E-state index < -0.39 is 39.9 Å². The molecule has 194 valence electrons. The van der Waals surface area contributed by atoms with Gasteiger partial charge in [0.2, 0.25) is 0 Å². The quantitative estimate of drug-likeness (QED) is 0.300. The molecule has 4 nitrogen and oxygen atoms in total. The van der Waals surface area contributed by atoms with Gasteiger partial charge in [-0.2, -0.15) is 31.4 Å². The van der Waals surface area contributed by atoms with Crippen molar-refractivity contribution in [3.8, 4) is 0 Å². The molecule has 0 aromatic heterocycles. The Bertz CT molecular complexity index is 1360. The predicted octanol–water partition coefficient (Wildman–Crippen LogP) is 8.35. The summed E-state index contributed by atoms with van der Waals surface area (Å²) in [7, 11) is 0. The minimum atomic E-state index is -4.68. The van der Waals surface area contributed by atoms with E-state index in [0.29, 0.717) is 11.3 Å². The fourth-order valence-corrected chi connectivity index (χ4v) is 4.55. The number of hydrazone groups is 1. The lowest BCUT2D eigenvalue weighted by atomic mass is 9.76. The van der Waals surface area contributed by atoms with E-state index in [2.05, 4.69) is 26.3 Å². The smallest absolute Gasteiger partial charge is 0.306 e. The van der Waals surface area contributed by atoms with E-state index in [1.165, 1.54) is 18.2 Å². The lowest BCUT2D eigenvalue weighted by Crippen LogP contribution is -2.39. The second-order valence-corrected chi connectivity index (χ2v) is 9.87. The third kappa shape index (κ3) is 5.62. The normalized spacial score (nSPS) is 18.1. The summed E-state index contributed by atoms with van der Waals surface area (Å²) in [6, 6.07) is 13.5. The third-order valence-electron chi connectivity index (χ3n) is 5.94. The first-order valence-corrected chi connectivity index (χ1v) is 11.8. The fourth-order valence-electron chi connectivity index (χ4n) is 4.00. The molecule has 1 unspecified atom stereocenters. The molecule has 0 bridgehead atoms. The Balaban J connectivity index is 1.75. The van der Waals surface area contributed by atoms with Gasteiger partial charge in [0.15, 0.2) is 0 Å². The van der Waals surface area contributed by atoms with Gasteiger partial charge in [0, 0.05) is 15.7 Å². The maximum atomic E-state index is 13.2. The molecule has 37 heavy (non-hydrogen) atoms.